The SMILES string of the molecule is CCOC(=O)C(N)CCSCc1ccc(C(=O)OC)o1. The van der Waals surface area contributed by atoms with E-state index in [0.717, 1.165) is 0 Å². The van der Waals surface area contributed by atoms with Crippen LogP contribution in [0.25, 0.3) is 0 Å². The van der Waals surface area contributed by atoms with Crippen molar-refractivity contribution >= 4 is 23.7 Å². The highest BCUT2D eigenvalue weighted by molar-refractivity contribution is 7.98. The van der Waals surface area contributed by atoms with Gasteiger partial charge in [-0.3, -0.25) is 4.79 Å². The lowest BCUT2D eigenvalue weighted by Crippen LogP contribution is -2.32. The molecule has 2 N–H and O–H groups in total. The van der Waals surface area contributed by atoms with Gasteiger partial charge >= 0.3 is 11.9 Å². The second-order valence-corrected chi connectivity index (χ2v) is 5.06. The van der Waals surface area contributed by atoms with Crippen molar-refractivity contribution in [3.63, 3.8) is 0 Å². The van der Waals surface area contributed by atoms with Crippen molar-refractivity contribution in [3.8, 4) is 0 Å². The molecule has 0 aliphatic heterocycles. The first-order valence-electron chi connectivity index (χ1n) is 6.25. The summed E-state index contributed by atoms with van der Waals surface area (Å²) in [6.45, 7) is 2.08. The molecule has 1 aromatic heterocycles. The van der Waals surface area contributed by atoms with Crippen molar-refractivity contribution in [1.82, 2.24) is 0 Å². The van der Waals surface area contributed by atoms with E-state index in [1.54, 1.807) is 30.8 Å². The van der Waals surface area contributed by atoms with Gasteiger partial charge in [-0.05, 0) is 31.2 Å². The van der Waals surface area contributed by atoms with Crippen LogP contribution >= 0.6 is 11.8 Å². The zero-order valence-corrected chi connectivity index (χ0v) is 12.4. The molecule has 6 nitrogen and oxygen atoms in total. The maximum Gasteiger partial charge on any atom is 0.373 e. The van der Waals surface area contributed by atoms with Gasteiger partial charge in [-0.2, -0.15) is 11.8 Å². The van der Waals surface area contributed by atoms with Gasteiger partial charge in [-0.15, -0.1) is 0 Å². The highest BCUT2D eigenvalue weighted by Crippen LogP contribution is 2.17. The van der Waals surface area contributed by atoms with Gasteiger partial charge < -0.3 is 19.6 Å². The molecule has 112 valence electrons. The number of esters is 2. The van der Waals surface area contributed by atoms with Crippen LogP contribution in [-0.4, -0.2) is 37.4 Å². The summed E-state index contributed by atoms with van der Waals surface area (Å²) >= 11 is 1.57. The van der Waals surface area contributed by atoms with Crippen LogP contribution in [0, 0.1) is 0 Å². The van der Waals surface area contributed by atoms with E-state index in [9.17, 15) is 9.59 Å². The Morgan fingerprint density at radius 2 is 2.20 bits per heavy atom. The molecule has 0 fully saturated rings. The molecule has 0 aliphatic carbocycles. The second kappa shape index (κ2) is 8.65. The maximum atomic E-state index is 11.3. The molecule has 0 spiro atoms. The summed E-state index contributed by atoms with van der Waals surface area (Å²) in [6.07, 6.45) is 0.536. The van der Waals surface area contributed by atoms with E-state index in [2.05, 4.69) is 4.74 Å². The Kier molecular flexibility index (Phi) is 7.17. The van der Waals surface area contributed by atoms with Crippen molar-refractivity contribution in [1.29, 1.82) is 0 Å². The second-order valence-electron chi connectivity index (χ2n) is 3.96. The Bertz CT molecular complexity index is 446. The molecule has 1 aromatic rings. The number of hydrogen-bond acceptors (Lipinski definition) is 7. The average Bonchev–Trinajstić information content (AvgIpc) is 2.91. The lowest BCUT2D eigenvalue weighted by Gasteiger charge is -2.09. The van der Waals surface area contributed by atoms with Gasteiger partial charge in [-0.25, -0.2) is 4.79 Å². The minimum absolute atomic E-state index is 0.186. The number of carbonyl (C=O) groups is 2. The van der Waals surface area contributed by atoms with E-state index in [4.69, 9.17) is 14.9 Å². The Balaban J connectivity index is 2.26. The van der Waals surface area contributed by atoms with E-state index in [0.29, 0.717) is 30.3 Å². The molecule has 20 heavy (non-hydrogen) atoms. The Labute approximate surface area is 122 Å². The molecule has 0 radical (unpaired) electrons. The summed E-state index contributed by atoms with van der Waals surface area (Å²) in [7, 11) is 1.30. The third-order valence-corrected chi connectivity index (χ3v) is 3.47. The number of ether oxygens (including phenoxy) is 2. The highest BCUT2D eigenvalue weighted by atomic mass is 32.2. The predicted octanol–water partition coefficient (Wildman–Crippen LogP) is 1.58. The normalized spacial score (nSPS) is 11.9. The number of carbonyl (C=O) groups excluding carboxylic acids is 2. The number of methoxy groups -OCH3 is 1. The molecule has 0 saturated heterocycles. The third kappa shape index (κ3) is 5.26. The molecule has 1 unspecified atom stereocenters. The Morgan fingerprint density at radius 3 is 2.85 bits per heavy atom. The summed E-state index contributed by atoms with van der Waals surface area (Å²) in [5.41, 5.74) is 5.67. The van der Waals surface area contributed by atoms with Crippen molar-refractivity contribution in [2.24, 2.45) is 5.73 Å². The first-order valence-corrected chi connectivity index (χ1v) is 7.41. The van der Waals surface area contributed by atoms with E-state index in [1.165, 1.54) is 7.11 Å². The van der Waals surface area contributed by atoms with Crippen LogP contribution in [0.2, 0.25) is 0 Å². The van der Waals surface area contributed by atoms with Crippen LogP contribution in [0.5, 0.6) is 0 Å². The molecule has 0 bridgehead atoms. The van der Waals surface area contributed by atoms with Gasteiger partial charge in [0.1, 0.15) is 11.8 Å². The highest BCUT2D eigenvalue weighted by Gasteiger charge is 2.14. The summed E-state index contributed by atoms with van der Waals surface area (Å²) in [5.74, 6) is 1.30. The van der Waals surface area contributed by atoms with Crippen molar-refractivity contribution < 1.29 is 23.5 Å². The molecule has 0 saturated carbocycles. The summed E-state index contributed by atoms with van der Waals surface area (Å²) in [6, 6.07) is 2.71. The molecule has 1 atom stereocenters. The molecule has 0 aromatic carbocycles. The monoisotopic (exact) mass is 301 g/mol. The van der Waals surface area contributed by atoms with Crippen LogP contribution < -0.4 is 5.73 Å². The van der Waals surface area contributed by atoms with E-state index in [-0.39, 0.29) is 11.7 Å². The quantitative estimate of drug-likeness (QED) is 0.575. The van der Waals surface area contributed by atoms with Crippen LogP contribution in [0.15, 0.2) is 16.5 Å². The Hall–Kier alpha value is -1.47. The van der Waals surface area contributed by atoms with Gasteiger partial charge in [-0.1, -0.05) is 0 Å². The van der Waals surface area contributed by atoms with Crippen LogP contribution in [0.3, 0.4) is 0 Å². The molecule has 1 rings (SSSR count). The van der Waals surface area contributed by atoms with Crippen molar-refractivity contribution in [2.45, 2.75) is 25.1 Å². The van der Waals surface area contributed by atoms with Gasteiger partial charge in [0.25, 0.3) is 0 Å². The van der Waals surface area contributed by atoms with Crippen LogP contribution in [0.4, 0.5) is 0 Å². The molecular formula is C13H19NO5S. The van der Waals surface area contributed by atoms with Crippen molar-refractivity contribution in [3.05, 3.63) is 23.7 Å². The predicted molar refractivity (Wildman–Crippen MR) is 75.4 cm³/mol. The topological polar surface area (TPSA) is 91.8 Å². The zero-order chi connectivity index (χ0) is 15.0. The average molecular weight is 301 g/mol. The van der Waals surface area contributed by atoms with E-state index < -0.39 is 12.0 Å². The molecule has 1 heterocycles. The fourth-order valence-corrected chi connectivity index (χ4v) is 2.34. The summed E-state index contributed by atoms with van der Waals surface area (Å²) < 4.78 is 14.7. The van der Waals surface area contributed by atoms with Gasteiger partial charge in [0.2, 0.25) is 5.76 Å². The fraction of sp³-hybridized carbons (Fsp3) is 0.538. The zero-order valence-electron chi connectivity index (χ0n) is 11.6. The number of nitrogens with two attached hydrogens (primary N) is 1. The third-order valence-electron chi connectivity index (χ3n) is 2.46. The Morgan fingerprint density at radius 1 is 1.45 bits per heavy atom. The minimum atomic E-state index is -0.593. The largest absolute Gasteiger partial charge is 0.465 e. The molecule has 7 heteroatoms. The van der Waals surface area contributed by atoms with Gasteiger partial charge in [0.05, 0.1) is 19.5 Å². The lowest BCUT2D eigenvalue weighted by atomic mass is 10.2. The molecular weight excluding hydrogens is 282 g/mol. The lowest BCUT2D eigenvalue weighted by molar-refractivity contribution is -0.144. The number of rotatable bonds is 8. The number of hydrogen-bond donors (Lipinski definition) is 1. The fourth-order valence-electron chi connectivity index (χ4n) is 1.42. The van der Waals surface area contributed by atoms with Gasteiger partial charge in [0, 0.05) is 0 Å². The number of thioether (sulfide) groups is 1. The minimum Gasteiger partial charge on any atom is -0.465 e. The first-order chi connectivity index (χ1) is 9.58. The van der Waals surface area contributed by atoms with E-state index in [1.807, 2.05) is 0 Å². The summed E-state index contributed by atoms with van der Waals surface area (Å²) in [4.78, 5) is 22.5. The van der Waals surface area contributed by atoms with Crippen LogP contribution in [-0.2, 0) is 20.0 Å². The van der Waals surface area contributed by atoms with Crippen LogP contribution in [0.1, 0.15) is 29.7 Å². The molecule has 0 aliphatic rings. The van der Waals surface area contributed by atoms with Gasteiger partial charge in [0.15, 0.2) is 0 Å². The smallest absolute Gasteiger partial charge is 0.373 e. The van der Waals surface area contributed by atoms with E-state index >= 15 is 0 Å². The number of furan rings is 1. The van der Waals surface area contributed by atoms with Crippen molar-refractivity contribution in [2.75, 3.05) is 19.5 Å². The summed E-state index contributed by atoms with van der Waals surface area (Å²) in [5, 5.41) is 0. The standard InChI is InChI=1S/C13H19NO5S/c1-3-18-12(15)10(14)6-7-20-8-9-4-5-11(19-9)13(16)17-2/h4-5,10H,3,6-8,14H2,1-2H3. The molecule has 0 amide bonds. The maximum absolute atomic E-state index is 11.3. The first kappa shape index (κ1) is 16.6.